The van der Waals surface area contributed by atoms with E-state index in [0.29, 0.717) is 23.3 Å². The second kappa shape index (κ2) is 10.4. The van der Waals surface area contributed by atoms with Crippen LogP contribution in [0, 0.1) is 12.3 Å². The zero-order chi connectivity index (χ0) is 24.9. The molecule has 34 heavy (non-hydrogen) atoms. The van der Waals surface area contributed by atoms with Gasteiger partial charge in [0.05, 0.1) is 17.0 Å². The first-order valence-electron chi connectivity index (χ1n) is 10.3. The lowest BCUT2D eigenvalue weighted by Gasteiger charge is -2.17. The van der Waals surface area contributed by atoms with Crippen molar-refractivity contribution in [2.75, 3.05) is 6.54 Å². The largest absolute Gasteiger partial charge is 0.480 e. The maximum Gasteiger partial charge on any atom is 0.323 e. The number of nitrogen functional groups attached to an aromatic ring is 1. The molecule has 0 radical (unpaired) electrons. The first kappa shape index (κ1) is 24.9. The molecule has 0 bridgehead atoms. The molecule has 0 saturated carbocycles. The van der Waals surface area contributed by atoms with Crippen LogP contribution in [0.4, 0.5) is 0 Å². The Kier molecular flexibility index (Phi) is 7.64. The molecule has 0 spiro atoms. The number of aryl methyl sites for hydroxylation is 1. The van der Waals surface area contributed by atoms with Crippen molar-refractivity contribution in [1.82, 2.24) is 10.0 Å². The van der Waals surface area contributed by atoms with Gasteiger partial charge in [-0.05, 0) is 24.1 Å². The number of nitrogens with one attached hydrogen (secondary N) is 3. The molecule has 2 aromatic carbocycles. The number of carboxylic acids is 1. The van der Waals surface area contributed by atoms with Gasteiger partial charge in [0.15, 0.2) is 0 Å². The van der Waals surface area contributed by atoms with E-state index in [1.54, 1.807) is 43.3 Å². The van der Waals surface area contributed by atoms with E-state index in [9.17, 15) is 23.1 Å². The van der Waals surface area contributed by atoms with E-state index in [2.05, 4.69) is 15.2 Å². The van der Waals surface area contributed by atoms with Gasteiger partial charge < -0.3 is 21.0 Å². The van der Waals surface area contributed by atoms with E-state index in [1.165, 1.54) is 12.1 Å². The molecule has 2 atom stereocenters. The van der Waals surface area contributed by atoms with Gasteiger partial charge in [-0.1, -0.05) is 47.6 Å². The molecule has 1 aliphatic rings. The second-order valence-corrected chi connectivity index (χ2v) is 9.43. The zero-order valence-electron chi connectivity index (χ0n) is 18.3. The predicted molar refractivity (Wildman–Crippen MR) is 124 cm³/mol. The molecule has 1 aliphatic heterocycles. The first-order valence-corrected chi connectivity index (χ1v) is 11.8. The van der Waals surface area contributed by atoms with Gasteiger partial charge in [-0.15, -0.1) is 0 Å². The zero-order valence-corrected chi connectivity index (χ0v) is 19.1. The molecule has 0 aromatic heterocycles. The second-order valence-electron chi connectivity index (χ2n) is 7.75. The summed E-state index contributed by atoms with van der Waals surface area (Å²) in [4.78, 5) is 29.2. The highest BCUT2D eigenvalue weighted by Gasteiger charge is 2.28. The van der Waals surface area contributed by atoms with Gasteiger partial charge in [0.1, 0.15) is 18.0 Å². The minimum absolute atomic E-state index is 0.0343. The molecule has 6 N–H and O–H groups in total. The molecule has 3 rings (SSSR count). The van der Waals surface area contributed by atoms with Gasteiger partial charge in [0.2, 0.25) is 15.9 Å². The summed E-state index contributed by atoms with van der Waals surface area (Å²) in [5.41, 5.74) is 7.88. The van der Waals surface area contributed by atoms with E-state index < -0.39 is 40.6 Å². The smallest absolute Gasteiger partial charge is 0.323 e. The number of carboxylic acid groups (broad SMARTS) is 1. The minimum atomic E-state index is -4.10. The standard InChI is InChI=1S/C22H25N5O6S/c1-13-4-2-3-5-19(13)34(31,32)27-18(22(29)30)12-25-20(28)11-16-10-17(26-33-16)14-6-8-15(9-7-14)21(23)24/h2-9,16,18,27H,10-12H2,1H3,(H3,23,24)(H,25,28)(H,29,30)/t16-,18+/m1/s1. The molecule has 1 amide bonds. The highest BCUT2D eigenvalue weighted by Crippen LogP contribution is 2.19. The number of carbonyl (C=O) groups excluding carboxylic acids is 1. The van der Waals surface area contributed by atoms with Gasteiger partial charge in [0.25, 0.3) is 0 Å². The Morgan fingerprint density at radius 1 is 1.24 bits per heavy atom. The molecule has 11 nitrogen and oxygen atoms in total. The highest BCUT2D eigenvalue weighted by molar-refractivity contribution is 7.89. The van der Waals surface area contributed by atoms with E-state index in [4.69, 9.17) is 16.0 Å². The average molecular weight is 488 g/mol. The normalized spacial score (nSPS) is 16.3. The molecule has 0 fully saturated rings. The summed E-state index contributed by atoms with van der Waals surface area (Å²) >= 11 is 0. The highest BCUT2D eigenvalue weighted by atomic mass is 32.2. The van der Waals surface area contributed by atoms with Gasteiger partial charge >= 0.3 is 5.97 Å². The molecular weight excluding hydrogens is 462 g/mol. The third-order valence-electron chi connectivity index (χ3n) is 5.16. The molecule has 0 unspecified atom stereocenters. The van der Waals surface area contributed by atoms with Crippen molar-refractivity contribution in [3.63, 3.8) is 0 Å². The fourth-order valence-electron chi connectivity index (χ4n) is 3.33. The molecule has 180 valence electrons. The van der Waals surface area contributed by atoms with E-state index in [0.717, 1.165) is 5.56 Å². The number of carbonyl (C=O) groups is 2. The number of rotatable bonds is 10. The van der Waals surface area contributed by atoms with Gasteiger partial charge in [-0.3, -0.25) is 15.0 Å². The van der Waals surface area contributed by atoms with Crippen LogP contribution < -0.4 is 15.8 Å². The number of amides is 1. The quantitative estimate of drug-likeness (QED) is 0.241. The lowest BCUT2D eigenvalue weighted by atomic mass is 10.0. The van der Waals surface area contributed by atoms with Crippen LogP contribution in [0.15, 0.2) is 58.6 Å². The minimum Gasteiger partial charge on any atom is -0.480 e. The number of amidine groups is 1. The third-order valence-corrected chi connectivity index (χ3v) is 6.79. The maximum absolute atomic E-state index is 12.6. The number of hydrogen-bond donors (Lipinski definition) is 5. The van der Waals surface area contributed by atoms with Crippen molar-refractivity contribution in [2.45, 2.75) is 36.8 Å². The topological polar surface area (TPSA) is 184 Å². The van der Waals surface area contributed by atoms with Gasteiger partial charge in [0, 0.05) is 18.5 Å². The van der Waals surface area contributed by atoms with E-state index in [-0.39, 0.29) is 17.2 Å². The summed E-state index contributed by atoms with van der Waals surface area (Å²) in [5.74, 6) is -1.98. The van der Waals surface area contributed by atoms with Gasteiger partial charge in [-0.2, -0.15) is 4.72 Å². The van der Waals surface area contributed by atoms with Gasteiger partial charge in [-0.25, -0.2) is 8.42 Å². The number of benzene rings is 2. The Hall–Kier alpha value is -3.77. The average Bonchev–Trinajstić information content (AvgIpc) is 3.25. The SMILES string of the molecule is Cc1ccccc1S(=O)(=O)N[C@@H](CNC(=O)C[C@H]1CC(c2ccc(C(=N)N)cc2)=NO1)C(=O)O. The molecule has 0 aliphatic carbocycles. The van der Waals surface area contributed by atoms with Crippen LogP contribution in [-0.4, -0.2) is 55.6 Å². The number of oxime groups is 1. The van der Waals surface area contributed by atoms with Crippen molar-refractivity contribution >= 4 is 33.4 Å². The lowest BCUT2D eigenvalue weighted by molar-refractivity contribution is -0.138. The Labute approximate surface area is 196 Å². The number of nitrogens with zero attached hydrogens (tertiary/aromatic N) is 1. The third kappa shape index (κ3) is 6.17. The Morgan fingerprint density at radius 3 is 2.53 bits per heavy atom. The Bertz CT molecular complexity index is 1230. The fraction of sp³-hybridized carbons (Fsp3) is 0.273. The monoisotopic (exact) mass is 487 g/mol. The number of nitrogens with two attached hydrogens (primary N) is 1. The lowest BCUT2D eigenvalue weighted by Crippen LogP contribution is -2.48. The van der Waals surface area contributed by atoms with Crippen LogP contribution in [0.2, 0.25) is 0 Å². The summed E-state index contributed by atoms with van der Waals surface area (Å²) in [6.45, 7) is 1.16. The van der Waals surface area contributed by atoms with E-state index in [1.807, 2.05) is 0 Å². The van der Waals surface area contributed by atoms with Crippen molar-refractivity contribution in [3.8, 4) is 0 Å². The van der Waals surface area contributed by atoms with Crippen LogP contribution in [-0.2, 0) is 24.4 Å². The van der Waals surface area contributed by atoms with Crippen LogP contribution in [0.3, 0.4) is 0 Å². The van der Waals surface area contributed by atoms with Crippen LogP contribution in [0.5, 0.6) is 0 Å². The number of aliphatic carboxylic acids is 1. The summed E-state index contributed by atoms with van der Waals surface area (Å²) < 4.78 is 27.3. The molecule has 0 saturated heterocycles. The summed E-state index contributed by atoms with van der Waals surface area (Å²) in [6, 6.07) is 11.5. The fourth-order valence-corrected chi connectivity index (χ4v) is 4.77. The summed E-state index contributed by atoms with van der Waals surface area (Å²) in [5, 5.41) is 23.3. The van der Waals surface area contributed by atoms with Crippen molar-refractivity contribution < 1.29 is 28.0 Å². The molecular formula is C22H25N5O6S. The molecule has 1 heterocycles. The number of sulfonamides is 1. The van der Waals surface area contributed by atoms with Crippen LogP contribution >= 0.6 is 0 Å². The number of hydrogen-bond acceptors (Lipinski definition) is 7. The summed E-state index contributed by atoms with van der Waals surface area (Å²) in [6.07, 6.45) is -0.278. The van der Waals surface area contributed by atoms with Crippen LogP contribution in [0.25, 0.3) is 0 Å². The first-order chi connectivity index (χ1) is 16.1. The Balaban J connectivity index is 1.53. The molecule has 2 aromatic rings. The molecule has 12 heteroatoms. The Morgan fingerprint density at radius 2 is 1.91 bits per heavy atom. The summed E-state index contributed by atoms with van der Waals surface area (Å²) in [7, 11) is -4.10. The van der Waals surface area contributed by atoms with Crippen molar-refractivity contribution in [2.24, 2.45) is 10.9 Å². The van der Waals surface area contributed by atoms with Crippen molar-refractivity contribution in [3.05, 3.63) is 65.2 Å². The van der Waals surface area contributed by atoms with E-state index >= 15 is 0 Å². The predicted octanol–water partition coefficient (Wildman–Crippen LogP) is 0.710. The van der Waals surface area contributed by atoms with Crippen molar-refractivity contribution in [1.29, 1.82) is 5.41 Å². The van der Waals surface area contributed by atoms with Crippen LogP contribution in [0.1, 0.15) is 29.5 Å². The maximum atomic E-state index is 12.6.